The Balaban J connectivity index is 2.42. The van der Waals surface area contributed by atoms with Crippen LogP contribution in [-0.2, 0) is 4.79 Å². The van der Waals surface area contributed by atoms with E-state index in [9.17, 15) is 4.79 Å². The molecule has 20 heavy (non-hydrogen) atoms. The van der Waals surface area contributed by atoms with E-state index in [-0.39, 0.29) is 5.92 Å². The van der Waals surface area contributed by atoms with Crippen LogP contribution in [0.25, 0.3) is 0 Å². The average Bonchev–Trinajstić information content (AvgIpc) is 2.47. The van der Waals surface area contributed by atoms with Crippen molar-refractivity contribution in [2.45, 2.75) is 59.3 Å². The van der Waals surface area contributed by atoms with Gasteiger partial charge in [-0.2, -0.15) is 0 Å². The largest absolute Gasteiger partial charge is 0.299 e. The van der Waals surface area contributed by atoms with Gasteiger partial charge < -0.3 is 0 Å². The van der Waals surface area contributed by atoms with Crippen LogP contribution in [-0.4, -0.2) is 5.78 Å². The molecule has 1 aromatic rings. The normalized spacial score (nSPS) is 14.9. The molecule has 1 heteroatoms. The molecule has 2 unspecified atom stereocenters. The Kier molecular flexibility index (Phi) is 7.28. The van der Waals surface area contributed by atoms with Crippen molar-refractivity contribution in [2.75, 3.05) is 0 Å². The van der Waals surface area contributed by atoms with Crippen molar-refractivity contribution in [1.82, 2.24) is 0 Å². The lowest BCUT2D eigenvalue weighted by atomic mass is 9.89. The summed E-state index contributed by atoms with van der Waals surface area (Å²) in [6, 6.07) is 10.1. The van der Waals surface area contributed by atoms with Gasteiger partial charge in [0.2, 0.25) is 0 Å². The van der Waals surface area contributed by atoms with Gasteiger partial charge in [0.1, 0.15) is 5.78 Å². The van der Waals surface area contributed by atoms with Gasteiger partial charge in [-0.15, -0.1) is 0 Å². The number of rotatable bonds is 8. The third kappa shape index (κ3) is 5.73. The van der Waals surface area contributed by atoms with Gasteiger partial charge in [-0.05, 0) is 37.7 Å². The van der Waals surface area contributed by atoms with E-state index in [1.165, 1.54) is 5.57 Å². The minimum Gasteiger partial charge on any atom is -0.299 e. The molecule has 0 spiro atoms. The lowest BCUT2D eigenvalue weighted by molar-refractivity contribution is -0.121. The van der Waals surface area contributed by atoms with Crippen LogP contribution in [0, 0.1) is 5.92 Å². The fraction of sp³-hybridized carbons (Fsp3) is 0.526. The fourth-order valence-corrected chi connectivity index (χ4v) is 2.31. The lowest BCUT2D eigenvalue weighted by Crippen LogP contribution is -2.13. The van der Waals surface area contributed by atoms with Gasteiger partial charge in [-0.25, -0.2) is 0 Å². The number of hydrogen-bond acceptors (Lipinski definition) is 1. The van der Waals surface area contributed by atoms with E-state index in [1.807, 2.05) is 37.3 Å². The number of Topliss-reactive ketones (excluding diaryl/α,β-unsaturated/α-hetero) is 1. The Morgan fingerprint density at radius 2 is 1.85 bits per heavy atom. The van der Waals surface area contributed by atoms with Crippen molar-refractivity contribution in [3.8, 4) is 0 Å². The molecule has 0 radical (unpaired) electrons. The molecule has 0 N–H and O–H groups in total. The molecular weight excluding hydrogens is 244 g/mol. The Labute approximate surface area is 124 Å². The van der Waals surface area contributed by atoms with Gasteiger partial charge >= 0.3 is 0 Å². The predicted molar refractivity (Wildman–Crippen MR) is 86.9 cm³/mol. The summed E-state index contributed by atoms with van der Waals surface area (Å²) in [5.41, 5.74) is 2.58. The molecule has 1 rings (SSSR count). The smallest absolute Gasteiger partial charge is 0.140 e. The van der Waals surface area contributed by atoms with Gasteiger partial charge in [-0.3, -0.25) is 4.79 Å². The van der Waals surface area contributed by atoms with Crippen molar-refractivity contribution in [3.05, 3.63) is 47.5 Å². The van der Waals surface area contributed by atoms with Gasteiger partial charge in [0.05, 0.1) is 0 Å². The van der Waals surface area contributed by atoms with Crippen LogP contribution in [0.2, 0.25) is 0 Å². The molecule has 0 fully saturated rings. The number of ketones is 1. The van der Waals surface area contributed by atoms with E-state index in [1.54, 1.807) is 0 Å². The minimum absolute atomic E-state index is 0.0200. The van der Waals surface area contributed by atoms with Crippen LogP contribution in [0.5, 0.6) is 0 Å². The second-order valence-corrected chi connectivity index (χ2v) is 5.89. The number of carbonyl (C=O) groups is 1. The molecule has 0 aromatic heterocycles. The van der Waals surface area contributed by atoms with Gasteiger partial charge in [0.15, 0.2) is 0 Å². The number of carbonyl (C=O) groups excluding carboxylic acids is 1. The summed E-state index contributed by atoms with van der Waals surface area (Å²) in [6.07, 6.45) is 6.31. The van der Waals surface area contributed by atoms with E-state index in [4.69, 9.17) is 0 Å². The summed E-state index contributed by atoms with van der Waals surface area (Å²) < 4.78 is 0. The van der Waals surface area contributed by atoms with Crippen LogP contribution >= 0.6 is 0 Å². The molecule has 0 bridgehead atoms. The zero-order valence-corrected chi connectivity index (χ0v) is 13.4. The lowest BCUT2D eigenvalue weighted by Gasteiger charge is -2.14. The maximum absolute atomic E-state index is 12.3. The SMILES string of the molecule is CC/C(C)=C/CCC(C)CC(=O)C(C)c1ccccc1. The Morgan fingerprint density at radius 1 is 1.20 bits per heavy atom. The summed E-state index contributed by atoms with van der Waals surface area (Å²) in [5, 5.41) is 0. The Hall–Kier alpha value is -1.37. The monoisotopic (exact) mass is 272 g/mol. The molecule has 1 nitrogen and oxygen atoms in total. The standard InChI is InChI=1S/C19H28O/c1-5-15(2)10-9-11-16(3)14-19(20)17(4)18-12-7-6-8-13-18/h6-8,10,12-13,16-17H,5,9,11,14H2,1-4H3/b15-10+. The number of benzene rings is 1. The first kappa shape index (κ1) is 16.7. The highest BCUT2D eigenvalue weighted by atomic mass is 16.1. The van der Waals surface area contributed by atoms with E-state index in [0.29, 0.717) is 18.1 Å². The van der Waals surface area contributed by atoms with Crippen LogP contribution in [0.4, 0.5) is 0 Å². The highest BCUT2D eigenvalue weighted by molar-refractivity contribution is 5.85. The predicted octanol–water partition coefficient (Wildman–Crippen LogP) is 5.52. The van der Waals surface area contributed by atoms with Crippen molar-refractivity contribution in [2.24, 2.45) is 5.92 Å². The van der Waals surface area contributed by atoms with Crippen LogP contribution in [0.15, 0.2) is 42.0 Å². The molecular formula is C19H28O. The number of hydrogen-bond donors (Lipinski definition) is 0. The van der Waals surface area contributed by atoms with Crippen molar-refractivity contribution >= 4 is 5.78 Å². The highest BCUT2D eigenvalue weighted by Crippen LogP contribution is 2.21. The van der Waals surface area contributed by atoms with Crippen LogP contribution in [0.1, 0.15) is 64.9 Å². The van der Waals surface area contributed by atoms with E-state index >= 15 is 0 Å². The van der Waals surface area contributed by atoms with E-state index < -0.39 is 0 Å². The van der Waals surface area contributed by atoms with Crippen LogP contribution < -0.4 is 0 Å². The summed E-state index contributed by atoms with van der Waals surface area (Å²) in [6.45, 7) is 8.56. The molecule has 1 aromatic carbocycles. The first-order valence-electron chi connectivity index (χ1n) is 7.77. The zero-order valence-electron chi connectivity index (χ0n) is 13.4. The van der Waals surface area contributed by atoms with Gasteiger partial charge in [0.25, 0.3) is 0 Å². The molecule has 0 aliphatic rings. The summed E-state index contributed by atoms with van der Waals surface area (Å²) in [4.78, 5) is 12.3. The third-order valence-corrected chi connectivity index (χ3v) is 4.04. The third-order valence-electron chi connectivity index (χ3n) is 4.04. The second kappa shape index (κ2) is 8.73. The average molecular weight is 272 g/mol. The molecule has 0 heterocycles. The second-order valence-electron chi connectivity index (χ2n) is 5.89. The van der Waals surface area contributed by atoms with E-state index in [2.05, 4.69) is 26.8 Å². The molecule has 0 saturated carbocycles. The van der Waals surface area contributed by atoms with Gasteiger partial charge in [0, 0.05) is 12.3 Å². The Morgan fingerprint density at radius 3 is 2.45 bits per heavy atom. The fourth-order valence-electron chi connectivity index (χ4n) is 2.31. The molecule has 110 valence electrons. The molecule has 0 aliphatic heterocycles. The Bertz CT molecular complexity index is 430. The maximum Gasteiger partial charge on any atom is 0.140 e. The first-order valence-corrected chi connectivity index (χ1v) is 7.77. The van der Waals surface area contributed by atoms with Crippen molar-refractivity contribution < 1.29 is 4.79 Å². The molecule has 0 aliphatic carbocycles. The molecule has 2 atom stereocenters. The first-order chi connectivity index (χ1) is 9.54. The van der Waals surface area contributed by atoms with Gasteiger partial charge in [-0.1, -0.05) is 62.8 Å². The zero-order chi connectivity index (χ0) is 15.0. The summed E-state index contributed by atoms with van der Waals surface area (Å²) in [5.74, 6) is 0.848. The maximum atomic E-state index is 12.3. The molecule has 0 saturated heterocycles. The summed E-state index contributed by atoms with van der Waals surface area (Å²) >= 11 is 0. The minimum atomic E-state index is 0.0200. The quantitative estimate of drug-likeness (QED) is 0.569. The topological polar surface area (TPSA) is 17.1 Å². The van der Waals surface area contributed by atoms with Crippen LogP contribution in [0.3, 0.4) is 0 Å². The van der Waals surface area contributed by atoms with E-state index in [0.717, 1.165) is 24.8 Å². The molecule has 0 amide bonds. The number of allylic oxidation sites excluding steroid dienone is 2. The van der Waals surface area contributed by atoms with Crippen molar-refractivity contribution in [1.29, 1.82) is 0 Å². The van der Waals surface area contributed by atoms with Crippen molar-refractivity contribution in [3.63, 3.8) is 0 Å². The summed E-state index contributed by atoms with van der Waals surface area (Å²) in [7, 11) is 0. The highest BCUT2D eigenvalue weighted by Gasteiger charge is 2.17.